The van der Waals surface area contributed by atoms with E-state index < -0.39 is 24.3 Å². The Morgan fingerprint density at radius 2 is 2.00 bits per heavy atom. The SMILES string of the molecule is O=C(COC(=O)c1ccc2c(c1)CCC(=O)N2)Nc1cccc(F)c1. The van der Waals surface area contributed by atoms with Crippen molar-refractivity contribution >= 4 is 29.2 Å². The van der Waals surface area contributed by atoms with Gasteiger partial charge >= 0.3 is 5.97 Å². The van der Waals surface area contributed by atoms with Crippen LogP contribution in [0.2, 0.25) is 0 Å². The van der Waals surface area contributed by atoms with Gasteiger partial charge in [-0.25, -0.2) is 9.18 Å². The van der Waals surface area contributed by atoms with Gasteiger partial charge in [-0.05, 0) is 48.4 Å². The van der Waals surface area contributed by atoms with Crippen molar-refractivity contribution in [2.24, 2.45) is 0 Å². The Hall–Kier alpha value is -3.22. The third-order valence-electron chi connectivity index (χ3n) is 3.68. The number of amides is 2. The highest BCUT2D eigenvalue weighted by molar-refractivity contribution is 5.97. The van der Waals surface area contributed by atoms with Crippen molar-refractivity contribution in [2.45, 2.75) is 12.8 Å². The van der Waals surface area contributed by atoms with Crippen LogP contribution in [-0.2, 0) is 20.7 Å². The molecule has 128 valence electrons. The maximum atomic E-state index is 13.1. The van der Waals surface area contributed by atoms with Crippen LogP contribution in [0.4, 0.5) is 15.8 Å². The van der Waals surface area contributed by atoms with E-state index in [4.69, 9.17) is 4.74 Å². The van der Waals surface area contributed by atoms with Gasteiger partial charge < -0.3 is 15.4 Å². The van der Waals surface area contributed by atoms with Gasteiger partial charge in [0, 0.05) is 17.8 Å². The number of rotatable bonds is 4. The fraction of sp³-hybridized carbons (Fsp3) is 0.167. The zero-order valence-corrected chi connectivity index (χ0v) is 13.2. The number of halogens is 1. The molecule has 0 unspecified atom stereocenters. The van der Waals surface area contributed by atoms with Crippen molar-refractivity contribution < 1.29 is 23.5 Å². The average molecular weight is 342 g/mol. The summed E-state index contributed by atoms with van der Waals surface area (Å²) in [5.41, 5.74) is 2.11. The van der Waals surface area contributed by atoms with E-state index in [2.05, 4.69) is 10.6 Å². The van der Waals surface area contributed by atoms with Gasteiger partial charge in [-0.3, -0.25) is 9.59 Å². The third kappa shape index (κ3) is 4.20. The molecule has 3 rings (SSSR count). The molecule has 1 aliphatic heterocycles. The van der Waals surface area contributed by atoms with Crippen LogP contribution in [0.5, 0.6) is 0 Å². The number of carbonyl (C=O) groups excluding carboxylic acids is 3. The van der Waals surface area contributed by atoms with Gasteiger partial charge in [-0.1, -0.05) is 6.07 Å². The second-order valence-electron chi connectivity index (χ2n) is 5.55. The number of esters is 1. The first-order chi connectivity index (χ1) is 12.0. The molecule has 0 saturated heterocycles. The number of aryl methyl sites for hydroxylation is 1. The maximum absolute atomic E-state index is 13.1. The summed E-state index contributed by atoms with van der Waals surface area (Å²) >= 11 is 0. The van der Waals surface area contributed by atoms with E-state index in [-0.39, 0.29) is 11.6 Å². The largest absolute Gasteiger partial charge is 0.452 e. The molecule has 6 nitrogen and oxygen atoms in total. The Morgan fingerprint density at radius 3 is 2.80 bits per heavy atom. The van der Waals surface area contributed by atoms with Crippen LogP contribution in [0, 0.1) is 5.82 Å². The Morgan fingerprint density at radius 1 is 1.16 bits per heavy atom. The lowest BCUT2D eigenvalue weighted by molar-refractivity contribution is -0.119. The molecule has 7 heteroatoms. The molecule has 0 radical (unpaired) electrons. The van der Waals surface area contributed by atoms with Gasteiger partial charge in [0.1, 0.15) is 5.82 Å². The molecule has 25 heavy (non-hydrogen) atoms. The van der Waals surface area contributed by atoms with Crippen LogP contribution in [0.1, 0.15) is 22.3 Å². The first-order valence-corrected chi connectivity index (χ1v) is 7.66. The lowest BCUT2D eigenvalue weighted by atomic mass is 10.0. The van der Waals surface area contributed by atoms with Crippen LogP contribution in [-0.4, -0.2) is 24.4 Å². The number of carbonyl (C=O) groups is 3. The van der Waals surface area contributed by atoms with E-state index in [1.807, 2.05) is 0 Å². The Balaban J connectivity index is 1.57. The van der Waals surface area contributed by atoms with Gasteiger partial charge in [0.25, 0.3) is 5.91 Å². The van der Waals surface area contributed by atoms with E-state index >= 15 is 0 Å². The molecule has 2 aromatic rings. The fourth-order valence-electron chi connectivity index (χ4n) is 2.49. The van der Waals surface area contributed by atoms with E-state index in [1.165, 1.54) is 24.3 Å². The minimum atomic E-state index is -0.644. The number of hydrogen-bond donors (Lipinski definition) is 2. The van der Waals surface area contributed by atoms with Gasteiger partial charge in [0.2, 0.25) is 5.91 Å². The molecule has 2 amide bonds. The molecule has 0 aromatic heterocycles. The second kappa shape index (κ2) is 7.12. The van der Waals surface area contributed by atoms with Crippen LogP contribution in [0.3, 0.4) is 0 Å². The predicted molar refractivity (Wildman–Crippen MR) is 88.7 cm³/mol. The first kappa shape index (κ1) is 16.6. The normalized spacial score (nSPS) is 12.8. The van der Waals surface area contributed by atoms with Gasteiger partial charge in [-0.15, -0.1) is 0 Å². The molecule has 0 fully saturated rings. The second-order valence-corrected chi connectivity index (χ2v) is 5.55. The first-order valence-electron chi connectivity index (χ1n) is 7.66. The molecular formula is C18H15FN2O4. The van der Waals surface area contributed by atoms with Gasteiger partial charge in [0.05, 0.1) is 5.56 Å². The smallest absolute Gasteiger partial charge is 0.338 e. The van der Waals surface area contributed by atoms with Crippen molar-refractivity contribution in [1.82, 2.24) is 0 Å². The summed E-state index contributed by atoms with van der Waals surface area (Å²) in [6.45, 7) is -0.483. The molecule has 2 aromatic carbocycles. The van der Waals surface area contributed by atoms with Crippen LogP contribution in [0.15, 0.2) is 42.5 Å². The van der Waals surface area contributed by atoms with Crippen LogP contribution in [0.25, 0.3) is 0 Å². The Bertz CT molecular complexity index is 851. The highest BCUT2D eigenvalue weighted by Gasteiger charge is 2.17. The van der Waals surface area contributed by atoms with Crippen molar-refractivity contribution in [1.29, 1.82) is 0 Å². The van der Waals surface area contributed by atoms with Crippen molar-refractivity contribution in [3.63, 3.8) is 0 Å². The van der Waals surface area contributed by atoms with Gasteiger partial charge in [0.15, 0.2) is 6.61 Å². The Labute approximate surface area is 143 Å². The summed E-state index contributed by atoms with van der Waals surface area (Å²) in [5, 5.41) is 5.16. The molecule has 0 atom stereocenters. The minimum absolute atomic E-state index is 0.0585. The highest BCUT2D eigenvalue weighted by Crippen LogP contribution is 2.23. The Kier molecular flexibility index (Phi) is 4.74. The molecule has 1 heterocycles. The molecule has 0 saturated carbocycles. The monoisotopic (exact) mass is 342 g/mol. The fourth-order valence-corrected chi connectivity index (χ4v) is 2.49. The predicted octanol–water partition coefficient (Wildman–Crippen LogP) is 2.51. The van der Waals surface area contributed by atoms with E-state index in [0.717, 1.165) is 11.6 Å². The summed E-state index contributed by atoms with van der Waals surface area (Å²) in [6.07, 6.45) is 0.907. The lowest BCUT2D eigenvalue weighted by Crippen LogP contribution is -2.22. The third-order valence-corrected chi connectivity index (χ3v) is 3.68. The van der Waals surface area contributed by atoms with Crippen LogP contribution >= 0.6 is 0 Å². The van der Waals surface area contributed by atoms with E-state index in [0.29, 0.717) is 24.1 Å². The number of ether oxygens (including phenoxy) is 1. The summed E-state index contributed by atoms with van der Waals surface area (Å²) < 4.78 is 18.0. The molecule has 0 aliphatic carbocycles. The zero-order chi connectivity index (χ0) is 17.8. The number of fused-ring (bicyclic) bond motifs is 1. The summed E-state index contributed by atoms with van der Waals surface area (Å²) in [4.78, 5) is 35.1. The van der Waals surface area contributed by atoms with Gasteiger partial charge in [-0.2, -0.15) is 0 Å². The lowest BCUT2D eigenvalue weighted by Gasteiger charge is -2.17. The molecule has 1 aliphatic rings. The minimum Gasteiger partial charge on any atom is -0.452 e. The zero-order valence-electron chi connectivity index (χ0n) is 13.2. The van der Waals surface area contributed by atoms with Crippen molar-refractivity contribution in [3.8, 4) is 0 Å². The number of nitrogens with one attached hydrogen (secondary N) is 2. The topological polar surface area (TPSA) is 84.5 Å². The van der Waals surface area contributed by atoms with Crippen LogP contribution < -0.4 is 10.6 Å². The molecule has 0 spiro atoms. The summed E-state index contributed by atoms with van der Waals surface area (Å²) in [7, 11) is 0. The van der Waals surface area contributed by atoms with E-state index in [9.17, 15) is 18.8 Å². The van der Waals surface area contributed by atoms with Crippen molar-refractivity contribution in [2.75, 3.05) is 17.2 Å². The highest BCUT2D eigenvalue weighted by atomic mass is 19.1. The standard InChI is InChI=1S/C18H15FN2O4/c19-13-2-1-3-14(9-13)20-17(23)10-25-18(24)12-4-6-15-11(8-12)5-7-16(22)21-15/h1-4,6,8-9H,5,7,10H2,(H,20,23)(H,21,22). The average Bonchev–Trinajstić information content (AvgIpc) is 2.59. The number of anilines is 2. The van der Waals surface area contributed by atoms with Crippen molar-refractivity contribution in [3.05, 3.63) is 59.4 Å². The quantitative estimate of drug-likeness (QED) is 0.836. The maximum Gasteiger partial charge on any atom is 0.338 e. The number of benzene rings is 2. The number of hydrogen-bond acceptors (Lipinski definition) is 4. The summed E-state index contributed by atoms with van der Waals surface area (Å²) in [5.74, 6) is -1.74. The molecule has 2 N–H and O–H groups in total. The molecule has 0 bridgehead atoms. The molecular weight excluding hydrogens is 327 g/mol. The van der Waals surface area contributed by atoms with E-state index in [1.54, 1.807) is 12.1 Å². The summed E-state index contributed by atoms with van der Waals surface area (Å²) in [6, 6.07) is 10.2.